The number of hydrogen-bond acceptors (Lipinski definition) is 7. The van der Waals surface area contributed by atoms with Gasteiger partial charge in [0.05, 0.1) is 20.1 Å². The van der Waals surface area contributed by atoms with Crippen LogP contribution in [0.4, 0.5) is 0 Å². The lowest BCUT2D eigenvalue weighted by Gasteiger charge is -2.34. The molecule has 144 valence electrons. The van der Waals surface area contributed by atoms with Crippen LogP contribution in [-0.4, -0.2) is 55.6 Å². The zero-order valence-corrected chi connectivity index (χ0v) is 15.3. The van der Waals surface area contributed by atoms with Gasteiger partial charge in [-0.25, -0.2) is 4.79 Å². The molecular formula is C19H22N2O6. The highest BCUT2D eigenvalue weighted by Crippen LogP contribution is 2.29. The molecule has 1 aromatic heterocycles. The van der Waals surface area contributed by atoms with Crippen LogP contribution in [0.25, 0.3) is 11.0 Å². The van der Waals surface area contributed by atoms with E-state index < -0.39 is 18.0 Å². The summed E-state index contributed by atoms with van der Waals surface area (Å²) in [7, 11) is 1.29. The number of para-hydroxylation sites is 1. The molecule has 0 spiro atoms. The number of esters is 2. The number of methoxy groups -OCH3 is 1. The van der Waals surface area contributed by atoms with Crippen molar-refractivity contribution < 1.29 is 28.3 Å². The van der Waals surface area contributed by atoms with Crippen LogP contribution >= 0.6 is 0 Å². The molecule has 1 aromatic carbocycles. The van der Waals surface area contributed by atoms with Crippen LogP contribution in [0.15, 0.2) is 28.7 Å². The highest BCUT2D eigenvalue weighted by Gasteiger charge is 2.34. The molecule has 1 aliphatic heterocycles. The molecule has 1 amide bonds. The number of carbonyl (C=O) groups excluding carboxylic acids is 3. The van der Waals surface area contributed by atoms with Gasteiger partial charge in [0.25, 0.3) is 0 Å². The van der Waals surface area contributed by atoms with Gasteiger partial charge in [-0.05, 0) is 13.0 Å². The molecule has 0 bridgehead atoms. The van der Waals surface area contributed by atoms with Crippen molar-refractivity contribution in [1.29, 1.82) is 0 Å². The lowest BCUT2D eigenvalue weighted by molar-refractivity contribution is -0.146. The van der Waals surface area contributed by atoms with Crippen molar-refractivity contribution in [2.45, 2.75) is 25.9 Å². The second kappa shape index (κ2) is 8.22. The SMILES string of the molecule is CCOC(=O)c1oc2ccccc2c1CN1CCNC(=O)[C@H]1CC(=O)OC. The van der Waals surface area contributed by atoms with E-state index in [4.69, 9.17) is 13.9 Å². The van der Waals surface area contributed by atoms with Crippen molar-refractivity contribution in [2.75, 3.05) is 26.8 Å². The normalized spacial score (nSPS) is 17.6. The molecule has 0 radical (unpaired) electrons. The van der Waals surface area contributed by atoms with Crippen molar-refractivity contribution in [1.82, 2.24) is 10.2 Å². The first-order valence-corrected chi connectivity index (χ1v) is 8.81. The maximum atomic E-state index is 12.4. The second-order valence-electron chi connectivity index (χ2n) is 6.18. The van der Waals surface area contributed by atoms with E-state index in [0.717, 1.165) is 5.39 Å². The molecule has 1 atom stereocenters. The van der Waals surface area contributed by atoms with E-state index >= 15 is 0 Å². The van der Waals surface area contributed by atoms with E-state index in [2.05, 4.69) is 5.32 Å². The number of furan rings is 1. The number of carbonyl (C=O) groups is 3. The van der Waals surface area contributed by atoms with Gasteiger partial charge in [-0.2, -0.15) is 0 Å². The summed E-state index contributed by atoms with van der Waals surface area (Å²) in [6, 6.07) is 6.63. The van der Waals surface area contributed by atoms with Gasteiger partial charge in [0.2, 0.25) is 11.7 Å². The number of nitrogens with one attached hydrogen (secondary N) is 1. The van der Waals surface area contributed by atoms with Gasteiger partial charge in [-0.1, -0.05) is 18.2 Å². The van der Waals surface area contributed by atoms with Crippen LogP contribution in [0.3, 0.4) is 0 Å². The predicted molar refractivity (Wildman–Crippen MR) is 96.0 cm³/mol. The Balaban J connectivity index is 1.96. The molecule has 1 fully saturated rings. The van der Waals surface area contributed by atoms with E-state index in [1.807, 2.05) is 23.1 Å². The molecule has 0 aliphatic carbocycles. The zero-order valence-electron chi connectivity index (χ0n) is 15.3. The fourth-order valence-electron chi connectivity index (χ4n) is 3.23. The Hall–Kier alpha value is -2.87. The molecular weight excluding hydrogens is 352 g/mol. The van der Waals surface area contributed by atoms with Gasteiger partial charge in [-0.3, -0.25) is 14.5 Å². The molecule has 0 saturated carbocycles. The Morgan fingerprint density at radius 1 is 1.33 bits per heavy atom. The summed E-state index contributed by atoms with van der Waals surface area (Å²) in [4.78, 5) is 38.2. The molecule has 1 aliphatic rings. The fourth-order valence-corrected chi connectivity index (χ4v) is 3.23. The summed E-state index contributed by atoms with van der Waals surface area (Å²) in [5.41, 5.74) is 1.22. The monoisotopic (exact) mass is 374 g/mol. The van der Waals surface area contributed by atoms with Crippen LogP contribution in [0, 0.1) is 0 Å². The first-order valence-electron chi connectivity index (χ1n) is 8.81. The quantitative estimate of drug-likeness (QED) is 0.765. The Morgan fingerprint density at radius 2 is 2.11 bits per heavy atom. The maximum Gasteiger partial charge on any atom is 0.374 e. The molecule has 8 nitrogen and oxygen atoms in total. The van der Waals surface area contributed by atoms with Crippen molar-refractivity contribution in [3.8, 4) is 0 Å². The highest BCUT2D eigenvalue weighted by atomic mass is 16.5. The van der Waals surface area contributed by atoms with Gasteiger partial charge < -0.3 is 19.2 Å². The second-order valence-corrected chi connectivity index (χ2v) is 6.18. The third-order valence-electron chi connectivity index (χ3n) is 4.55. The van der Waals surface area contributed by atoms with E-state index in [0.29, 0.717) is 24.2 Å². The number of benzene rings is 1. The van der Waals surface area contributed by atoms with Crippen LogP contribution in [0.1, 0.15) is 29.5 Å². The molecule has 2 heterocycles. The number of rotatable bonds is 6. The summed E-state index contributed by atoms with van der Waals surface area (Å²) in [5.74, 6) is -1.13. The molecule has 27 heavy (non-hydrogen) atoms. The lowest BCUT2D eigenvalue weighted by atomic mass is 10.0. The summed E-state index contributed by atoms with van der Waals surface area (Å²) in [6.45, 7) is 3.23. The first-order chi connectivity index (χ1) is 13.0. The largest absolute Gasteiger partial charge is 0.469 e. The number of fused-ring (bicyclic) bond motifs is 1. The Kier molecular flexibility index (Phi) is 5.75. The Bertz CT molecular complexity index is 859. The maximum absolute atomic E-state index is 12.4. The van der Waals surface area contributed by atoms with E-state index in [-0.39, 0.29) is 31.2 Å². The number of amides is 1. The third-order valence-corrected chi connectivity index (χ3v) is 4.55. The molecule has 0 unspecified atom stereocenters. The van der Waals surface area contributed by atoms with E-state index in [9.17, 15) is 14.4 Å². The zero-order chi connectivity index (χ0) is 19.4. The number of ether oxygens (including phenoxy) is 2. The van der Waals surface area contributed by atoms with Crippen LogP contribution in [-0.2, 0) is 25.6 Å². The van der Waals surface area contributed by atoms with Crippen molar-refractivity contribution in [2.24, 2.45) is 0 Å². The van der Waals surface area contributed by atoms with E-state index in [1.54, 1.807) is 13.0 Å². The summed E-state index contributed by atoms with van der Waals surface area (Å²) < 4.78 is 15.5. The van der Waals surface area contributed by atoms with Crippen molar-refractivity contribution in [3.63, 3.8) is 0 Å². The topological polar surface area (TPSA) is 98.1 Å². The summed E-state index contributed by atoms with van der Waals surface area (Å²) >= 11 is 0. The van der Waals surface area contributed by atoms with Crippen molar-refractivity contribution >= 4 is 28.8 Å². The van der Waals surface area contributed by atoms with Gasteiger partial charge in [-0.15, -0.1) is 0 Å². The van der Waals surface area contributed by atoms with Gasteiger partial charge >= 0.3 is 11.9 Å². The minimum absolute atomic E-state index is 0.0626. The van der Waals surface area contributed by atoms with E-state index in [1.165, 1.54) is 7.11 Å². The lowest BCUT2D eigenvalue weighted by Crippen LogP contribution is -2.55. The Labute approximate surface area is 156 Å². The number of piperazine rings is 1. The molecule has 1 saturated heterocycles. The number of nitrogens with zero attached hydrogens (tertiary/aromatic N) is 1. The third kappa shape index (κ3) is 3.95. The standard InChI is InChI=1S/C19H22N2O6/c1-3-26-19(24)17-13(12-6-4-5-7-15(12)27-17)11-21-9-8-20-18(23)14(21)10-16(22)25-2/h4-7,14H,3,8-11H2,1-2H3,(H,20,23)/t14-/m1/s1. The Morgan fingerprint density at radius 3 is 2.85 bits per heavy atom. The van der Waals surface area contributed by atoms with Crippen LogP contribution in [0.2, 0.25) is 0 Å². The summed E-state index contributed by atoms with van der Waals surface area (Å²) in [5, 5.41) is 3.54. The first kappa shape index (κ1) is 18.9. The van der Waals surface area contributed by atoms with Gasteiger partial charge in [0.1, 0.15) is 11.6 Å². The average Bonchev–Trinajstić information content (AvgIpc) is 3.03. The van der Waals surface area contributed by atoms with Crippen LogP contribution < -0.4 is 5.32 Å². The number of hydrogen-bond donors (Lipinski definition) is 1. The van der Waals surface area contributed by atoms with Crippen molar-refractivity contribution in [3.05, 3.63) is 35.6 Å². The average molecular weight is 374 g/mol. The van der Waals surface area contributed by atoms with Gasteiger partial charge in [0.15, 0.2) is 0 Å². The smallest absolute Gasteiger partial charge is 0.374 e. The molecule has 3 rings (SSSR count). The van der Waals surface area contributed by atoms with Crippen LogP contribution in [0.5, 0.6) is 0 Å². The predicted octanol–water partition coefficient (Wildman–Crippen LogP) is 1.47. The molecule has 8 heteroatoms. The summed E-state index contributed by atoms with van der Waals surface area (Å²) in [6.07, 6.45) is -0.0626. The molecule has 2 aromatic rings. The highest BCUT2D eigenvalue weighted by molar-refractivity contribution is 5.96. The fraction of sp³-hybridized carbons (Fsp3) is 0.421. The minimum atomic E-state index is -0.671. The van der Waals surface area contributed by atoms with Gasteiger partial charge in [0, 0.05) is 30.6 Å². The minimum Gasteiger partial charge on any atom is -0.469 e. The molecule has 1 N–H and O–H groups in total.